The standard InChI is InChI=1S/C13H13BrF3N3S/c1-7-19-9(6-21-7)5-12(20-18)10-4-8(13(15,16)17)2-3-11(10)14/h2-4,6,12,20H,5,18H2,1H3. The Morgan fingerprint density at radius 3 is 2.67 bits per heavy atom. The lowest BCUT2D eigenvalue weighted by atomic mass is 10.0. The Hall–Kier alpha value is -0.960. The fraction of sp³-hybridized carbons (Fsp3) is 0.308. The molecule has 21 heavy (non-hydrogen) atoms. The van der Waals surface area contributed by atoms with E-state index in [1.165, 1.54) is 17.4 Å². The molecule has 3 nitrogen and oxygen atoms in total. The first-order valence-corrected chi connectivity index (χ1v) is 7.72. The van der Waals surface area contributed by atoms with E-state index in [0.717, 1.165) is 22.8 Å². The molecule has 1 aromatic heterocycles. The topological polar surface area (TPSA) is 50.9 Å². The highest BCUT2D eigenvalue weighted by Gasteiger charge is 2.31. The van der Waals surface area contributed by atoms with E-state index in [2.05, 4.69) is 26.3 Å². The summed E-state index contributed by atoms with van der Waals surface area (Å²) in [6, 6.07) is 3.07. The smallest absolute Gasteiger partial charge is 0.271 e. The van der Waals surface area contributed by atoms with Crippen LogP contribution < -0.4 is 11.3 Å². The van der Waals surface area contributed by atoms with Gasteiger partial charge in [-0.05, 0) is 30.7 Å². The van der Waals surface area contributed by atoms with Gasteiger partial charge in [-0.3, -0.25) is 11.3 Å². The highest BCUT2D eigenvalue weighted by Crippen LogP contribution is 2.34. The Morgan fingerprint density at radius 1 is 1.43 bits per heavy atom. The molecular formula is C13H13BrF3N3S. The molecule has 2 rings (SSSR count). The lowest BCUT2D eigenvalue weighted by Crippen LogP contribution is -2.30. The largest absolute Gasteiger partial charge is 0.416 e. The van der Waals surface area contributed by atoms with Gasteiger partial charge in [-0.1, -0.05) is 15.9 Å². The zero-order valence-electron chi connectivity index (χ0n) is 11.0. The van der Waals surface area contributed by atoms with Crippen LogP contribution in [0.3, 0.4) is 0 Å². The predicted octanol–water partition coefficient (Wildman–Crippen LogP) is 3.98. The summed E-state index contributed by atoms with van der Waals surface area (Å²) in [5.74, 6) is 5.51. The van der Waals surface area contributed by atoms with Crippen LogP contribution in [0.25, 0.3) is 0 Å². The monoisotopic (exact) mass is 379 g/mol. The molecule has 0 radical (unpaired) electrons. The normalized spacial score (nSPS) is 13.4. The first-order valence-electron chi connectivity index (χ1n) is 6.05. The van der Waals surface area contributed by atoms with Crippen LogP contribution in [0.1, 0.15) is 27.9 Å². The highest BCUT2D eigenvalue weighted by molar-refractivity contribution is 9.10. The predicted molar refractivity (Wildman–Crippen MR) is 79.8 cm³/mol. The summed E-state index contributed by atoms with van der Waals surface area (Å²) in [7, 11) is 0. The van der Waals surface area contributed by atoms with Gasteiger partial charge in [0.15, 0.2) is 0 Å². The van der Waals surface area contributed by atoms with Gasteiger partial charge in [-0.25, -0.2) is 4.98 Å². The summed E-state index contributed by atoms with van der Waals surface area (Å²) in [6.45, 7) is 1.87. The first kappa shape index (κ1) is 16.4. The second-order valence-electron chi connectivity index (χ2n) is 4.52. The molecule has 1 heterocycles. The number of thiazole rings is 1. The number of hydrogen-bond acceptors (Lipinski definition) is 4. The number of benzene rings is 1. The van der Waals surface area contributed by atoms with Gasteiger partial charge in [0.25, 0.3) is 0 Å². The molecule has 114 valence electrons. The van der Waals surface area contributed by atoms with Crippen LogP contribution in [0.15, 0.2) is 28.1 Å². The van der Waals surface area contributed by atoms with E-state index < -0.39 is 17.8 Å². The number of aromatic nitrogens is 1. The molecular weight excluding hydrogens is 367 g/mol. The number of aryl methyl sites for hydroxylation is 1. The number of nitrogens with two attached hydrogens (primary N) is 1. The van der Waals surface area contributed by atoms with Crippen LogP contribution in [0, 0.1) is 6.92 Å². The van der Waals surface area contributed by atoms with E-state index in [1.54, 1.807) is 0 Å². The average Bonchev–Trinajstić information content (AvgIpc) is 2.81. The lowest BCUT2D eigenvalue weighted by Gasteiger charge is -2.18. The summed E-state index contributed by atoms with van der Waals surface area (Å²) in [5.41, 5.74) is 3.12. The second kappa shape index (κ2) is 6.43. The number of alkyl halides is 3. The number of rotatable bonds is 4. The third kappa shape index (κ3) is 4.03. The zero-order chi connectivity index (χ0) is 15.6. The Kier molecular flexibility index (Phi) is 5.03. The van der Waals surface area contributed by atoms with Crippen molar-refractivity contribution >= 4 is 27.3 Å². The van der Waals surface area contributed by atoms with Gasteiger partial charge in [0.1, 0.15) is 0 Å². The van der Waals surface area contributed by atoms with Crippen LogP contribution in [0.2, 0.25) is 0 Å². The third-order valence-electron chi connectivity index (χ3n) is 2.98. The Labute approximate surface area is 132 Å². The van der Waals surface area contributed by atoms with Gasteiger partial charge < -0.3 is 0 Å². The molecule has 0 aliphatic rings. The van der Waals surface area contributed by atoms with Crippen molar-refractivity contribution in [3.8, 4) is 0 Å². The minimum atomic E-state index is -4.38. The fourth-order valence-electron chi connectivity index (χ4n) is 1.96. The van der Waals surface area contributed by atoms with Crippen molar-refractivity contribution in [1.29, 1.82) is 0 Å². The molecule has 3 N–H and O–H groups in total. The van der Waals surface area contributed by atoms with Gasteiger partial charge in [-0.15, -0.1) is 11.3 Å². The second-order valence-corrected chi connectivity index (χ2v) is 6.43. The van der Waals surface area contributed by atoms with Gasteiger partial charge in [0.05, 0.1) is 22.3 Å². The Bertz CT molecular complexity index is 627. The van der Waals surface area contributed by atoms with Crippen LogP contribution in [0.5, 0.6) is 0 Å². The molecule has 1 unspecified atom stereocenters. The number of nitrogens with zero attached hydrogens (tertiary/aromatic N) is 1. The van der Waals surface area contributed by atoms with Crippen LogP contribution in [-0.4, -0.2) is 4.98 Å². The van der Waals surface area contributed by atoms with E-state index in [4.69, 9.17) is 5.84 Å². The molecule has 1 aromatic carbocycles. The van der Waals surface area contributed by atoms with Gasteiger partial charge in [0, 0.05) is 16.3 Å². The summed E-state index contributed by atoms with van der Waals surface area (Å²) < 4.78 is 39.0. The SMILES string of the molecule is Cc1nc(CC(NN)c2cc(C(F)(F)F)ccc2Br)cs1. The van der Waals surface area contributed by atoms with Crippen molar-refractivity contribution in [1.82, 2.24) is 10.4 Å². The molecule has 0 fully saturated rings. The van der Waals surface area contributed by atoms with Crippen molar-refractivity contribution < 1.29 is 13.2 Å². The molecule has 0 amide bonds. The van der Waals surface area contributed by atoms with Crippen LogP contribution >= 0.6 is 27.3 Å². The molecule has 0 aliphatic heterocycles. The van der Waals surface area contributed by atoms with Crippen molar-refractivity contribution in [3.05, 3.63) is 49.9 Å². The number of hydrazine groups is 1. The van der Waals surface area contributed by atoms with Crippen LogP contribution in [-0.2, 0) is 12.6 Å². The highest BCUT2D eigenvalue weighted by atomic mass is 79.9. The molecule has 0 spiro atoms. The number of nitrogens with one attached hydrogen (secondary N) is 1. The molecule has 2 aromatic rings. The van der Waals surface area contributed by atoms with Crippen molar-refractivity contribution in [2.75, 3.05) is 0 Å². The van der Waals surface area contributed by atoms with Crippen molar-refractivity contribution in [2.24, 2.45) is 5.84 Å². The zero-order valence-corrected chi connectivity index (χ0v) is 13.4. The van der Waals surface area contributed by atoms with E-state index in [9.17, 15) is 13.2 Å². The maximum Gasteiger partial charge on any atom is 0.416 e. The van der Waals surface area contributed by atoms with E-state index in [1.807, 2.05) is 12.3 Å². The summed E-state index contributed by atoms with van der Waals surface area (Å²) in [6.07, 6.45) is -3.97. The molecule has 0 saturated heterocycles. The molecule has 8 heteroatoms. The van der Waals surface area contributed by atoms with Gasteiger partial charge >= 0.3 is 6.18 Å². The van der Waals surface area contributed by atoms with Crippen molar-refractivity contribution in [3.63, 3.8) is 0 Å². The van der Waals surface area contributed by atoms with Gasteiger partial charge in [-0.2, -0.15) is 13.2 Å². The lowest BCUT2D eigenvalue weighted by molar-refractivity contribution is -0.137. The molecule has 0 aliphatic carbocycles. The summed E-state index contributed by atoms with van der Waals surface area (Å²) >= 11 is 4.77. The molecule has 1 atom stereocenters. The Balaban J connectivity index is 2.33. The summed E-state index contributed by atoms with van der Waals surface area (Å²) in [4.78, 5) is 4.31. The van der Waals surface area contributed by atoms with E-state index in [-0.39, 0.29) is 0 Å². The Morgan fingerprint density at radius 2 is 2.14 bits per heavy atom. The summed E-state index contributed by atoms with van der Waals surface area (Å²) in [5, 5.41) is 2.78. The first-order chi connectivity index (χ1) is 9.81. The quantitative estimate of drug-likeness (QED) is 0.623. The minimum Gasteiger partial charge on any atom is -0.271 e. The van der Waals surface area contributed by atoms with E-state index in [0.29, 0.717) is 16.5 Å². The third-order valence-corrected chi connectivity index (χ3v) is 4.52. The van der Waals surface area contributed by atoms with Crippen molar-refractivity contribution in [2.45, 2.75) is 25.6 Å². The minimum absolute atomic E-state index is 0.417. The van der Waals surface area contributed by atoms with Crippen LogP contribution in [0.4, 0.5) is 13.2 Å². The number of halogens is 4. The fourth-order valence-corrected chi connectivity index (χ4v) is 3.11. The molecule has 0 bridgehead atoms. The average molecular weight is 380 g/mol. The van der Waals surface area contributed by atoms with E-state index >= 15 is 0 Å². The maximum atomic E-state index is 12.8. The maximum absolute atomic E-state index is 12.8. The number of hydrogen-bond donors (Lipinski definition) is 2. The molecule has 0 saturated carbocycles. The van der Waals surface area contributed by atoms with Gasteiger partial charge in [0.2, 0.25) is 0 Å².